The van der Waals surface area contributed by atoms with Crippen molar-refractivity contribution in [3.63, 3.8) is 0 Å². The summed E-state index contributed by atoms with van der Waals surface area (Å²) < 4.78 is 49.0. The van der Waals surface area contributed by atoms with Crippen LogP contribution in [0.15, 0.2) is 24.3 Å². The molecule has 1 fully saturated rings. The number of hydrogen-bond donors (Lipinski definition) is 1. The average molecular weight is 374 g/mol. The van der Waals surface area contributed by atoms with Gasteiger partial charge >= 0.3 is 12.3 Å². The molecule has 5 nitrogen and oxygen atoms in total. The summed E-state index contributed by atoms with van der Waals surface area (Å²) in [6.45, 7) is 6.58. The molecule has 1 amide bonds. The van der Waals surface area contributed by atoms with Gasteiger partial charge in [0.25, 0.3) is 0 Å². The Kier molecular flexibility index (Phi) is 6.05. The molecule has 2 atom stereocenters. The van der Waals surface area contributed by atoms with E-state index in [1.165, 1.54) is 12.1 Å². The van der Waals surface area contributed by atoms with Crippen LogP contribution in [-0.4, -0.2) is 42.3 Å². The number of rotatable bonds is 4. The van der Waals surface area contributed by atoms with Crippen LogP contribution < -0.4 is 10.5 Å². The highest BCUT2D eigenvalue weighted by molar-refractivity contribution is 5.68. The SMILES string of the molecule is CC(C)(C)OC(=O)N1CC[C@H]([C@@H](CN)Oc2ccc(C(F)(F)F)cc2)C1. The quantitative estimate of drug-likeness (QED) is 0.873. The summed E-state index contributed by atoms with van der Waals surface area (Å²) in [5.74, 6) is 0.318. The number of ether oxygens (including phenoxy) is 2. The Hall–Kier alpha value is -1.96. The van der Waals surface area contributed by atoms with Gasteiger partial charge in [-0.25, -0.2) is 4.79 Å². The van der Waals surface area contributed by atoms with Crippen LogP contribution in [0.5, 0.6) is 5.75 Å². The predicted molar refractivity (Wildman–Crippen MR) is 90.8 cm³/mol. The first-order valence-electron chi connectivity index (χ1n) is 8.51. The summed E-state index contributed by atoms with van der Waals surface area (Å²) in [7, 11) is 0. The summed E-state index contributed by atoms with van der Waals surface area (Å²) >= 11 is 0. The molecular weight excluding hydrogens is 349 g/mol. The van der Waals surface area contributed by atoms with Crippen molar-refractivity contribution in [2.45, 2.75) is 45.1 Å². The van der Waals surface area contributed by atoms with Crippen molar-refractivity contribution in [1.29, 1.82) is 0 Å². The summed E-state index contributed by atoms with van der Waals surface area (Å²) in [5.41, 5.74) is 4.48. The topological polar surface area (TPSA) is 64.8 Å². The van der Waals surface area contributed by atoms with Gasteiger partial charge in [0.1, 0.15) is 17.5 Å². The standard InChI is InChI=1S/C18H25F3N2O3/c1-17(2,3)26-16(24)23-9-8-12(11-23)15(10-22)25-14-6-4-13(5-7-14)18(19,20)21/h4-7,12,15H,8-11,22H2,1-3H3/t12-,15+/m0/s1. The zero-order valence-electron chi connectivity index (χ0n) is 15.2. The molecule has 1 heterocycles. The Morgan fingerprint density at radius 1 is 1.27 bits per heavy atom. The molecule has 0 unspecified atom stereocenters. The van der Waals surface area contributed by atoms with Crippen molar-refractivity contribution in [2.24, 2.45) is 11.7 Å². The van der Waals surface area contributed by atoms with Crippen LogP contribution in [0.25, 0.3) is 0 Å². The third-order valence-corrected chi connectivity index (χ3v) is 4.10. The Labute approximate surface area is 151 Å². The van der Waals surface area contributed by atoms with Crippen LogP contribution in [0.1, 0.15) is 32.8 Å². The smallest absolute Gasteiger partial charge is 0.416 e. The van der Waals surface area contributed by atoms with Crippen LogP contribution in [0, 0.1) is 5.92 Å². The first kappa shape index (κ1) is 20.4. The zero-order chi connectivity index (χ0) is 19.5. The highest BCUT2D eigenvalue weighted by atomic mass is 19.4. The summed E-state index contributed by atoms with van der Waals surface area (Å²) in [6, 6.07) is 4.52. The molecule has 1 aromatic carbocycles. The molecule has 26 heavy (non-hydrogen) atoms. The summed E-state index contributed by atoms with van der Waals surface area (Å²) in [4.78, 5) is 13.7. The average Bonchev–Trinajstić information content (AvgIpc) is 3.00. The van der Waals surface area contributed by atoms with Gasteiger partial charge < -0.3 is 20.1 Å². The van der Waals surface area contributed by atoms with Crippen LogP contribution in [0.2, 0.25) is 0 Å². The van der Waals surface area contributed by atoms with Gasteiger partial charge in [-0.15, -0.1) is 0 Å². The lowest BCUT2D eigenvalue weighted by molar-refractivity contribution is -0.137. The van der Waals surface area contributed by atoms with E-state index in [1.807, 2.05) is 0 Å². The summed E-state index contributed by atoms with van der Waals surface area (Å²) in [6.07, 6.45) is -4.46. The molecular formula is C18H25F3N2O3. The third kappa shape index (κ3) is 5.52. The van der Waals surface area contributed by atoms with Crippen molar-refractivity contribution >= 4 is 6.09 Å². The number of benzene rings is 1. The Bertz CT molecular complexity index is 612. The normalized spacial score (nSPS) is 19.3. The second-order valence-corrected chi connectivity index (χ2v) is 7.39. The van der Waals surface area contributed by atoms with Crippen molar-refractivity contribution in [3.05, 3.63) is 29.8 Å². The highest BCUT2D eigenvalue weighted by Crippen LogP contribution is 2.31. The number of likely N-dealkylation sites (tertiary alicyclic amines) is 1. The number of alkyl halides is 3. The fraction of sp³-hybridized carbons (Fsp3) is 0.611. The lowest BCUT2D eigenvalue weighted by Crippen LogP contribution is -2.39. The molecule has 0 radical (unpaired) electrons. The molecule has 0 saturated carbocycles. The van der Waals surface area contributed by atoms with E-state index in [1.54, 1.807) is 25.7 Å². The van der Waals surface area contributed by atoms with E-state index in [0.29, 0.717) is 25.3 Å². The minimum Gasteiger partial charge on any atom is -0.489 e. The molecule has 2 N–H and O–H groups in total. The summed E-state index contributed by atoms with van der Waals surface area (Å²) in [5, 5.41) is 0. The molecule has 0 bridgehead atoms. The van der Waals surface area contributed by atoms with Gasteiger partial charge in [0.2, 0.25) is 0 Å². The van der Waals surface area contributed by atoms with Crippen molar-refractivity contribution < 1.29 is 27.4 Å². The van der Waals surface area contributed by atoms with Crippen molar-refractivity contribution in [3.8, 4) is 5.75 Å². The number of nitrogens with zero attached hydrogens (tertiary/aromatic N) is 1. The maximum atomic E-state index is 12.6. The number of nitrogens with two attached hydrogens (primary N) is 1. The zero-order valence-corrected chi connectivity index (χ0v) is 15.2. The maximum Gasteiger partial charge on any atom is 0.416 e. The number of halogens is 3. The number of amides is 1. The van der Waals surface area contributed by atoms with E-state index >= 15 is 0 Å². The number of carbonyl (C=O) groups excluding carboxylic acids is 1. The third-order valence-electron chi connectivity index (χ3n) is 4.10. The predicted octanol–water partition coefficient (Wildman–Crippen LogP) is 3.67. The Balaban J connectivity index is 1.96. The van der Waals surface area contributed by atoms with E-state index < -0.39 is 17.3 Å². The van der Waals surface area contributed by atoms with Gasteiger partial charge in [-0.1, -0.05) is 0 Å². The second kappa shape index (κ2) is 7.73. The highest BCUT2D eigenvalue weighted by Gasteiger charge is 2.35. The van der Waals surface area contributed by atoms with Gasteiger partial charge in [0, 0.05) is 25.6 Å². The van der Waals surface area contributed by atoms with E-state index in [9.17, 15) is 18.0 Å². The Morgan fingerprint density at radius 2 is 1.88 bits per heavy atom. The minimum atomic E-state index is -4.38. The van der Waals surface area contributed by atoms with Gasteiger partial charge in [-0.2, -0.15) is 13.2 Å². The largest absolute Gasteiger partial charge is 0.489 e. The van der Waals surface area contributed by atoms with Crippen molar-refractivity contribution in [2.75, 3.05) is 19.6 Å². The first-order chi connectivity index (χ1) is 12.0. The molecule has 0 spiro atoms. The molecule has 1 aliphatic rings. The van der Waals surface area contributed by atoms with E-state index in [-0.39, 0.29) is 24.7 Å². The Morgan fingerprint density at radius 3 is 2.38 bits per heavy atom. The van der Waals surface area contributed by atoms with E-state index in [4.69, 9.17) is 15.2 Å². The monoisotopic (exact) mass is 374 g/mol. The van der Waals surface area contributed by atoms with Crippen molar-refractivity contribution in [1.82, 2.24) is 4.90 Å². The molecule has 2 rings (SSSR count). The van der Waals surface area contributed by atoms with Crippen LogP contribution in [-0.2, 0) is 10.9 Å². The molecule has 0 aromatic heterocycles. The first-order valence-corrected chi connectivity index (χ1v) is 8.51. The maximum absolute atomic E-state index is 12.6. The fourth-order valence-corrected chi connectivity index (χ4v) is 2.82. The number of carbonyl (C=O) groups is 1. The molecule has 1 aromatic rings. The van der Waals surface area contributed by atoms with E-state index in [0.717, 1.165) is 12.1 Å². The van der Waals surface area contributed by atoms with Crippen LogP contribution in [0.4, 0.5) is 18.0 Å². The van der Waals surface area contributed by atoms with Crippen LogP contribution >= 0.6 is 0 Å². The van der Waals surface area contributed by atoms with Gasteiger partial charge in [0.15, 0.2) is 0 Å². The number of hydrogen-bond acceptors (Lipinski definition) is 4. The molecule has 8 heteroatoms. The molecule has 146 valence electrons. The molecule has 0 aliphatic carbocycles. The lowest BCUT2D eigenvalue weighted by Gasteiger charge is -2.26. The second-order valence-electron chi connectivity index (χ2n) is 7.39. The van der Waals surface area contributed by atoms with Gasteiger partial charge in [0.05, 0.1) is 5.56 Å². The van der Waals surface area contributed by atoms with Gasteiger partial charge in [-0.05, 0) is 51.5 Å². The molecule has 1 saturated heterocycles. The van der Waals surface area contributed by atoms with Crippen LogP contribution in [0.3, 0.4) is 0 Å². The lowest BCUT2D eigenvalue weighted by atomic mass is 10.0. The fourth-order valence-electron chi connectivity index (χ4n) is 2.82. The molecule has 1 aliphatic heterocycles. The van der Waals surface area contributed by atoms with Gasteiger partial charge in [-0.3, -0.25) is 0 Å². The minimum absolute atomic E-state index is 0.00480. The van der Waals surface area contributed by atoms with E-state index in [2.05, 4.69) is 0 Å².